The molecule has 0 aliphatic heterocycles. The third-order valence-corrected chi connectivity index (χ3v) is 4.67. The number of carbonyl (C=O) groups excluding carboxylic acids is 2. The van der Waals surface area contributed by atoms with E-state index in [4.69, 9.17) is 4.74 Å². The van der Waals surface area contributed by atoms with Gasteiger partial charge >= 0.3 is 6.09 Å². The first-order chi connectivity index (χ1) is 14.2. The van der Waals surface area contributed by atoms with E-state index in [2.05, 4.69) is 5.32 Å². The van der Waals surface area contributed by atoms with Crippen LogP contribution < -0.4 is 5.32 Å². The van der Waals surface area contributed by atoms with E-state index in [1.54, 1.807) is 19.1 Å². The van der Waals surface area contributed by atoms with E-state index in [1.165, 1.54) is 0 Å². The maximum absolute atomic E-state index is 13.1. The van der Waals surface area contributed by atoms with Crippen LogP contribution in [0.5, 0.6) is 0 Å². The molecule has 3 aromatic carbocycles. The zero-order valence-electron chi connectivity index (χ0n) is 16.0. The van der Waals surface area contributed by atoms with Gasteiger partial charge in [0.15, 0.2) is 5.78 Å². The number of anilines is 1. The molecule has 5 heteroatoms. The van der Waals surface area contributed by atoms with Crippen molar-refractivity contribution in [3.63, 3.8) is 0 Å². The third-order valence-electron chi connectivity index (χ3n) is 4.67. The van der Waals surface area contributed by atoms with Crippen LogP contribution in [0.2, 0.25) is 0 Å². The summed E-state index contributed by atoms with van der Waals surface area (Å²) in [5, 5.41) is 3.65. The maximum atomic E-state index is 13.1. The molecule has 0 aliphatic rings. The topological polar surface area (TPSA) is 60.3 Å². The van der Waals surface area contributed by atoms with Crippen LogP contribution in [-0.2, 0) is 4.74 Å². The lowest BCUT2D eigenvalue weighted by molar-refractivity contribution is 0.103. The molecule has 1 N–H and O–H groups in total. The molecule has 0 bridgehead atoms. The number of aromatic nitrogens is 1. The fraction of sp³-hybridized carbons (Fsp3) is 0.0833. The Morgan fingerprint density at radius 2 is 1.59 bits per heavy atom. The number of hydrogen-bond acceptors (Lipinski definition) is 3. The molecule has 0 radical (unpaired) electrons. The molecule has 0 saturated carbocycles. The molecule has 0 unspecified atom stereocenters. The molecule has 0 saturated heterocycles. The Bertz CT molecular complexity index is 1180. The van der Waals surface area contributed by atoms with Gasteiger partial charge in [-0.15, -0.1) is 0 Å². The highest BCUT2D eigenvalue weighted by Gasteiger charge is 2.18. The predicted octanol–water partition coefficient (Wildman–Crippen LogP) is 5.43. The zero-order chi connectivity index (χ0) is 20.2. The van der Waals surface area contributed by atoms with E-state index in [0.717, 1.165) is 16.6 Å². The highest BCUT2D eigenvalue weighted by molar-refractivity contribution is 6.12. The summed E-state index contributed by atoms with van der Waals surface area (Å²) < 4.78 is 6.94. The summed E-state index contributed by atoms with van der Waals surface area (Å²) in [6, 6.07) is 24.4. The number of amides is 1. The minimum Gasteiger partial charge on any atom is -0.450 e. The summed E-state index contributed by atoms with van der Waals surface area (Å²) in [6.07, 6.45) is 1.31. The SMILES string of the molecule is CCOC(=O)Nc1cn(-c2ccccc2C(=O)c2ccccc2)c2ccccc12. The van der Waals surface area contributed by atoms with E-state index >= 15 is 0 Å². The molecule has 1 aromatic heterocycles. The normalized spacial score (nSPS) is 10.7. The Morgan fingerprint density at radius 3 is 2.38 bits per heavy atom. The minimum atomic E-state index is -0.510. The molecule has 144 valence electrons. The van der Waals surface area contributed by atoms with Gasteiger partial charge < -0.3 is 9.30 Å². The summed E-state index contributed by atoms with van der Waals surface area (Å²) in [5.74, 6) is -0.0566. The van der Waals surface area contributed by atoms with Crippen molar-refractivity contribution in [1.82, 2.24) is 4.57 Å². The standard InChI is InChI=1S/C24H20N2O3/c1-2-29-24(28)25-20-16-26(21-14-8-6-12-18(20)21)22-15-9-7-13-19(22)23(27)17-10-4-3-5-11-17/h3-16H,2H2,1H3,(H,25,28). The van der Waals surface area contributed by atoms with Crippen molar-refractivity contribution in [2.24, 2.45) is 0 Å². The molecule has 0 spiro atoms. The summed E-state index contributed by atoms with van der Waals surface area (Å²) in [4.78, 5) is 25.1. The number of hydrogen-bond donors (Lipinski definition) is 1. The maximum Gasteiger partial charge on any atom is 0.411 e. The van der Waals surface area contributed by atoms with Gasteiger partial charge in [-0.25, -0.2) is 4.79 Å². The van der Waals surface area contributed by atoms with Crippen molar-refractivity contribution in [1.29, 1.82) is 0 Å². The summed E-state index contributed by atoms with van der Waals surface area (Å²) in [7, 11) is 0. The molecule has 0 aliphatic carbocycles. The average Bonchev–Trinajstić information content (AvgIpc) is 3.12. The van der Waals surface area contributed by atoms with Crippen LogP contribution >= 0.6 is 0 Å². The van der Waals surface area contributed by atoms with Crippen molar-refractivity contribution in [3.05, 3.63) is 96.2 Å². The molecular weight excluding hydrogens is 364 g/mol. The first-order valence-electron chi connectivity index (χ1n) is 9.42. The number of benzene rings is 3. The second kappa shape index (κ2) is 8.02. The molecule has 29 heavy (non-hydrogen) atoms. The summed E-state index contributed by atoms with van der Waals surface area (Å²) in [5.41, 5.74) is 3.46. The molecule has 0 fully saturated rings. The molecule has 1 amide bonds. The lowest BCUT2D eigenvalue weighted by atomic mass is 10.0. The van der Waals surface area contributed by atoms with Crippen LogP contribution in [0.15, 0.2) is 85.1 Å². The van der Waals surface area contributed by atoms with Crippen molar-refractivity contribution in [2.45, 2.75) is 6.92 Å². The van der Waals surface area contributed by atoms with Crippen LogP contribution in [0, 0.1) is 0 Å². The first kappa shape index (κ1) is 18.5. The monoisotopic (exact) mass is 384 g/mol. The molecule has 4 rings (SSSR count). The second-order valence-corrected chi connectivity index (χ2v) is 6.49. The highest BCUT2D eigenvalue weighted by Crippen LogP contribution is 2.30. The number of rotatable bonds is 5. The Hall–Kier alpha value is -3.86. The van der Waals surface area contributed by atoms with Gasteiger partial charge in [-0.1, -0.05) is 60.7 Å². The van der Waals surface area contributed by atoms with Crippen molar-refractivity contribution >= 4 is 28.5 Å². The van der Waals surface area contributed by atoms with Gasteiger partial charge in [0, 0.05) is 22.7 Å². The lowest BCUT2D eigenvalue weighted by Gasteiger charge is -2.11. The van der Waals surface area contributed by atoms with E-state index < -0.39 is 6.09 Å². The number of carbonyl (C=O) groups is 2. The second-order valence-electron chi connectivity index (χ2n) is 6.49. The molecular formula is C24H20N2O3. The van der Waals surface area contributed by atoms with Gasteiger partial charge in [-0.3, -0.25) is 10.1 Å². The van der Waals surface area contributed by atoms with E-state index in [-0.39, 0.29) is 5.78 Å². The third kappa shape index (κ3) is 3.62. The van der Waals surface area contributed by atoms with Crippen LogP contribution in [0.4, 0.5) is 10.5 Å². The van der Waals surface area contributed by atoms with Crippen LogP contribution in [0.3, 0.4) is 0 Å². The Labute approximate surface area is 168 Å². The zero-order valence-corrected chi connectivity index (χ0v) is 16.0. The number of nitrogens with zero attached hydrogens (tertiary/aromatic N) is 1. The van der Waals surface area contributed by atoms with Gasteiger partial charge in [-0.2, -0.15) is 0 Å². The van der Waals surface area contributed by atoms with Crippen LogP contribution in [-0.4, -0.2) is 23.1 Å². The van der Waals surface area contributed by atoms with Gasteiger partial charge in [0.05, 0.1) is 23.5 Å². The van der Waals surface area contributed by atoms with Crippen molar-refractivity contribution in [2.75, 3.05) is 11.9 Å². The van der Waals surface area contributed by atoms with E-state index in [9.17, 15) is 9.59 Å². The average molecular weight is 384 g/mol. The number of nitrogens with one attached hydrogen (secondary N) is 1. The number of fused-ring (bicyclic) bond motifs is 1. The predicted molar refractivity (Wildman–Crippen MR) is 114 cm³/mol. The number of ether oxygens (including phenoxy) is 1. The minimum absolute atomic E-state index is 0.0566. The Kier molecular flexibility index (Phi) is 5.12. The Morgan fingerprint density at radius 1 is 0.897 bits per heavy atom. The van der Waals surface area contributed by atoms with E-state index in [1.807, 2.05) is 77.5 Å². The molecule has 1 heterocycles. The molecule has 0 atom stereocenters. The fourth-order valence-electron chi connectivity index (χ4n) is 3.38. The van der Waals surface area contributed by atoms with Gasteiger partial charge in [0.1, 0.15) is 0 Å². The largest absolute Gasteiger partial charge is 0.450 e. The van der Waals surface area contributed by atoms with Crippen molar-refractivity contribution < 1.29 is 14.3 Å². The van der Waals surface area contributed by atoms with Gasteiger partial charge in [0.25, 0.3) is 0 Å². The van der Waals surface area contributed by atoms with Crippen molar-refractivity contribution in [3.8, 4) is 5.69 Å². The van der Waals surface area contributed by atoms with Crippen LogP contribution in [0.25, 0.3) is 16.6 Å². The first-order valence-corrected chi connectivity index (χ1v) is 9.42. The quantitative estimate of drug-likeness (QED) is 0.467. The number of ketones is 1. The smallest absolute Gasteiger partial charge is 0.411 e. The Balaban J connectivity index is 1.84. The van der Waals surface area contributed by atoms with Gasteiger partial charge in [-0.05, 0) is 25.1 Å². The molecule has 5 nitrogen and oxygen atoms in total. The fourth-order valence-corrected chi connectivity index (χ4v) is 3.38. The lowest BCUT2D eigenvalue weighted by Crippen LogP contribution is -2.13. The molecule has 4 aromatic rings. The van der Waals surface area contributed by atoms with E-state index in [0.29, 0.717) is 23.4 Å². The number of para-hydroxylation sites is 2. The van der Waals surface area contributed by atoms with Crippen LogP contribution in [0.1, 0.15) is 22.8 Å². The summed E-state index contributed by atoms with van der Waals surface area (Å²) >= 11 is 0. The highest BCUT2D eigenvalue weighted by atomic mass is 16.5. The van der Waals surface area contributed by atoms with Gasteiger partial charge in [0.2, 0.25) is 0 Å². The summed E-state index contributed by atoms with van der Waals surface area (Å²) in [6.45, 7) is 2.05.